The number of fused-ring (bicyclic) bond motifs is 1. The van der Waals surface area contributed by atoms with Crippen molar-refractivity contribution in [1.82, 2.24) is 29.5 Å². The van der Waals surface area contributed by atoms with Gasteiger partial charge in [-0.25, -0.2) is 18.5 Å². The fraction of sp³-hybridized carbons (Fsp3) is 0.438. The van der Waals surface area contributed by atoms with E-state index in [2.05, 4.69) is 24.9 Å². The summed E-state index contributed by atoms with van der Waals surface area (Å²) in [5.41, 5.74) is 6.86. The van der Waals surface area contributed by atoms with Crippen molar-refractivity contribution >= 4 is 50.1 Å². The average molecular weight is 800 g/mol. The quantitative estimate of drug-likeness (QED) is 0.0642. The van der Waals surface area contributed by atoms with Crippen LogP contribution in [0.5, 0.6) is 5.75 Å². The molecular formula is C32H41ClFN7O10P2. The third-order valence-electron chi connectivity index (χ3n) is 8.09. The molecule has 53 heavy (non-hydrogen) atoms. The van der Waals surface area contributed by atoms with Crippen molar-refractivity contribution in [2.45, 2.75) is 58.0 Å². The first kappa shape index (κ1) is 40.6. The van der Waals surface area contributed by atoms with E-state index < -0.39 is 58.8 Å². The van der Waals surface area contributed by atoms with E-state index in [0.29, 0.717) is 12.1 Å². The predicted molar refractivity (Wildman–Crippen MR) is 191 cm³/mol. The average Bonchev–Trinajstić information content (AvgIpc) is 3.68. The van der Waals surface area contributed by atoms with E-state index in [4.69, 9.17) is 44.9 Å². The molecule has 288 valence electrons. The molecule has 1 saturated heterocycles. The molecule has 0 aliphatic carbocycles. The minimum absolute atomic E-state index is 0.0193. The number of nitrogens with two attached hydrogens (primary N) is 1. The third-order valence-corrected chi connectivity index (χ3v) is 11.6. The van der Waals surface area contributed by atoms with Crippen molar-refractivity contribution in [3.8, 4) is 5.75 Å². The Morgan fingerprint density at radius 3 is 2.49 bits per heavy atom. The molecule has 21 heteroatoms. The molecule has 4 N–H and O–H groups in total. The fourth-order valence-electron chi connectivity index (χ4n) is 5.36. The van der Waals surface area contributed by atoms with Crippen LogP contribution in [-0.2, 0) is 43.6 Å². The smallest absolute Gasteiger partial charge is 0.460 e. The standard InChI is InChI=1S/C32H41ClFN7O10P2/c1-4-40(5-2)16-17-46-27-24(49-30(25(27)34)41-20-36-26-28(35)37-32(33)38-29(26)41)19-48-53(44,45)51-52(43,50-23-14-10-7-11-15-23)39-21(3)31(42)47-18-22-12-8-6-9-13-22/h6-15,20-21,24-25,27,30H,4-5,16-19H2,1-3H3,(H,39,43)(H,44,45)(H2,35,37,38)/t21-,24+,25?,27-,30+,52?/m0/s1. The number of nitrogens with zero attached hydrogens (tertiary/aromatic N) is 5. The first-order chi connectivity index (χ1) is 25.3. The molecular weight excluding hydrogens is 759 g/mol. The molecule has 0 saturated carbocycles. The van der Waals surface area contributed by atoms with Gasteiger partial charge in [0, 0.05) is 6.54 Å². The topological polar surface area (TPSA) is 212 Å². The van der Waals surface area contributed by atoms with Gasteiger partial charge in [0.05, 0.1) is 19.5 Å². The SMILES string of the molecule is CCN(CC)CCO[C@@H]1C(F)[C@H](n2cnc3c(N)nc(Cl)nc32)O[C@@H]1COP(=O)(O)OP(=O)(N[C@@H](C)C(=O)OCc1ccccc1)Oc1ccccc1. The molecule has 3 unspecified atom stereocenters. The Balaban J connectivity index is 1.32. The zero-order valence-corrected chi connectivity index (χ0v) is 31.6. The lowest BCUT2D eigenvalue weighted by molar-refractivity contribution is -0.146. The van der Waals surface area contributed by atoms with E-state index >= 15 is 4.39 Å². The van der Waals surface area contributed by atoms with Gasteiger partial charge in [0.1, 0.15) is 36.1 Å². The summed E-state index contributed by atoms with van der Waals surface area (Å²) < 4.78 is 78.0. The van der Waals surface area contributed by atoms with Crippen molar-refractivity contribution in [1.29, 1.82) is 0 Å². The minimum Gasteiger partial charge on any atom is -0.460 e. The summed E-state index contributed by atoms with van der Waals surface area (Å²) >= 11 is 6.01. The molecule has 3 heterocycles. The van der Waals surface area contributed by atoms with Gasteiger partial charge in [-0.2, -0.15) is 19.4 Å². The van der Waals surface area contributed by atoms with Crippen molar-refractivity contribution < 1.29 is 50.8 Å². The fourth-order valence-corrected chi connectivity index (χ4v) is 8.50. The zero-order chi connectivity index (χ0) is 38.2. The van der Waals surface area contributed by atoms with Crippen molar-refractivity contribution in [2.75, 3.05) is 38.6 Å². The highest BCUT2D eigenvalue weighted by Gasteiger charge is 2.49. The molecule has 7 atom stereocenters. The van der Waals surface area contributed by atoms with Crippen LogP contribution in [-0.4, -0.2) is 92.6 Å². The van der Waals surface area contributed by atoms with Crippen LogP contribution in [0.25, 0.3) is 11.2 Å². The number of carbonyl (C=O) groups excluding carboxylic acids is 1. The third kappa shape index (κ3) is 10.8. The van der Waals surface area contributed by atoms with Gasteiger partial charge >= 0.3 is 21.5 Å². The molecule has 17 nitrogen and oxygen atoms in total. The maximum atomic E-state index is 16.3. The predicted octanol–water partition coefficient (Wildman–Crippen LogP) is 5.07. The first-order valence-corrected chi connectivity index (χ1v) is 20.0. The molecule has 0 amide bonds. The largest absolute Gasteiger partial charge is 0.481 e. The van der Waals surface area contributed by atoms with Crippen LogP contribution in [0.4, 0.5) is 10.2 Å². The summed E-state index contributed by atoms with van der Waals surface area (Å²) in [5.74, 6) is -0.909. The number of likely N-dealkylation sites (N-methyl/N-ethyl adjacent to an activating group) is 1. The number of nitrogens with one attached hydrogen (secondary N) is 1. The van der Waals surface area contributed by atoms with Gasteiger partial charge in [0.25, 0.3) is 0 Å². The Morgan fingerprint density at radius 1 is 1.13 bits per heavy atom. The number of benzene rings is 2. The van der Waals surface area contributed by atoms with Gasteiger partial charge < -0.3 is 34.3 Å². The lowest BCUT2D eigenvalue weighted by atomic mass is 10.1. The first-order valence-electron chi connectivity index (χ1n) is 16.6. The summed E-state index contributed by atoms with van der Waals surface area (Å²) in [5, 5.41) is 2.14. The summed E-state index contributed by atoms with van der Waals surface area (Å²) in [6.07, 6.45) is -4.67. The minimum atomic E-state index is -5.33. The molecule has 5 rings (SSSR count). The van der Waals surface area contributed by atoms with E-state index in [1.807, 2.05) is 13.8 Å². The van der Waals surface area contributed by atoms with Gasteiger partial charge in [-0.3, -0.25) is 13.9 Å². The lowest BCUT2D eigenvalue weighted by Gasteiger charge is -2.25. The van der Waals surface area contributed by atoms with Crippen LogP contribution in [0, 0.1) is 0 Å². The Bertz CT molecular complexity index is 1910. The van der Waals surface area contributed by atoms with Crippen LogP contribution in [0.3, 0.4) is 0 Å². The molecule has 1 aliphatic rings. The van der Waals surface area contributed by atoms with Gasteiger partial charge in [-0.15, -0.1) is 0 Å². The summed E-state index contributed by atoms with van der Waals surface area (Å²) in [6.45, 7) is 6.39. The maximum absolute atomic E-state index is 16.3. The van der Waals surface area contributed by atoms with Crippen LogP contribution >= 0.6 is 27.2 Å². The molecule has 0 radical (unpaired) electrons. The number of rotatable bonds is 19. The number of para-hydroxylation sites is 1. The highest BCUT2D eigenvalue weighted by Crippen LogP contribution is 2.60. The highest BCUT2D eigenvalue weighted by atomic mass is 35.5. The molecule has 0 bridgehead atoms. The monoisotopic (exact) mass is 799 g/mol. The lowest BCUT2D eigenvalue weighted by Crippen LogP contribution is -2.37. The van der Waals surface area contributed by atoms with E-state index in [1.54, 1.807) is 48.5 Å². The molecule has 4 aromatic rings. The van der Waals surface area contributed by atoms with E-state index in [9.17, 15) is 18.8 Å². The number of esters is 1. The number of phosphoric acid groups is 1. The van der Waals surface area contributed by atoms with Crippen LogP contribution in [0.1, 0.15) is 32.6 Å². The summed E-state index contributed by atoms with van der Waals surface area (Å²) in [4.78, 5) is 37.9. The number of aromatic nitrogens is 4. The summed E-state index contributed by atoms with van der Waals surface area (Å²) in [7, 11) is -10.2. The number of alkyl halides is 1. The number of phosphoric ester groups is 1. The van der Waals surface area contributed by atoms with Crippen molar-refractivity contribution in [3.63, 3.8) is 0 Å². The second-order valence-corrected chi connectivity index (χ2v) is 15.4. The van der Waals surface area contributed by atoms with Crippen LogP contribution < -0.4 is 15.3 Å². The Labute approximate surface area is 310 Å². The number of carbonyl (C=O) groups is 1. The molecule has 1 fully saturated rings. The molecule has 1 aliphatic heterocycles. The molecule has 0 spiro atoms. The molecule has 2 aromatic heterocycles. The Hall–Kier alpha value is -3.54. The number of hydrogen-bond donors (Lipinski definition) is 3. The second-order valence-electron chi connectivity index (χ2n) is 11.8. The number of hydrogen-bond acceptors (Lipinski definition) is 14. The van der Waals surface area contributed by atoms with Crippen molar-refractivity contribution in [3.05, 3.63) is 77.8 Å². The van der Waals surface area contributed by atoms with E-state index in [-0.39, 0.29) is 41.2 Å². The van der Waals surface area contributed by atoms with Gasteiger partial charge in [-0.1, -0.05) is 62.4 Å². The van der Waals surface area contributed by atoms with Gasteiger partial charge in [-0.05, 0) is 49.3 Å². The molecule has 2 aromatic carbocycles. The zero-order valence-electron chi connectivity index (χ0n) is 29.1. The number of halogens is 2. The highest BCUT2D eigenvalue weighted by molar-refractivity contribution is 7.63. The normalized spacial score (nSPS) is 21.6. The number of ether oxygens (including phenoxy) is 3. The van der Waals surface area contributed by atoms with Gasteiger partial charge in [0.15, 0.2) is 23.9 Å². The number of anilines is 1. The van der Waals surface area contributed by atoms with Crippen LogP contribution in [0.2, 0.25) is 5.28 Å². The van der Waals surface area contributed by atoms with Gasteiger partial charge in [0.2, 0.25) is 5.28 Å². The maximum Gasteiger partial charge on any atom is 0.481 e. The summed E-state index contributed by atoms with van der Waals surface area (Å²) in [6, 6.07) is 15.1. The number of imidazole rings is 1. The van der Waals surface area contributed by atoms with E-state index in [1.165, 1.54) is 30.0 Å². The Kier molecular flexibility index (Phi) is 13.9. The Morgan fingerprint density at radius 2 is 1.81 bits per heavy atom. The van der Waals surface area contributed by atoms with Crippen LogP contribution in [0.15, 0.2) is 67.0 Å². The second kappa shape index (κ2) is 18.2. The number of nitrogen functional groups attached to an aromatic ring is 1. The van der Waals surface area contributed by atoms with Crippen molar-refractivity contribution in [2.24, 2.45) is 0 Å². The van der Waals surface area contributed by atoms with E-state index in [0.717, 1.165) is 13.1 Å².